The van der Waals surface area contributed by atoms with Gasteiger partial charge in [-0.2, -0.15) is 0 Å². The topological polar surface area (TPSA) is 73.3 Å². The number of carbonyl (C=O) groups is 1. The minimum atomic E-state index is -1.34. The van der Waals surface area contributed by atoms with Gasteiger partial charge in [0.05, 0.1) is 16.7 Å². The fraction of sp³-hybridized carbons (Fsp3) is 0.423. The Bertz CT molecular complexity index is 967. The third kappa shape index (κ3) is 7.87. The maximum Gasteiger partial charge on any atom is 0.234 e. The Kier molecular flexibility index (Phi) is 10.4. The third-order valence-electron chi connectivity index (χ3n) is 5.61. The first-order chi connectivity index (χ1) is 16.6. The van der Waals surface area contributed by atoms with E-state index in [9.17, 15) is 14.2 Å². The van der Waals surface area contributed by atoms with E-state index in [0.29, 0.717) is 31.0 Å². The molecule has 0 spiro atoms. The number of nitrogens with zero attached hydrogens (tertiary/aromatic N) is 3. The Morgan fingerprint density at radius 2 is 1.74 bits per heavy atom. The predicted octanol–water partition coefficient (Wildman–Crippen LogP) is 4.06. The van der Waals surface area contributed by atoms with Crippen LogP contribution in [-0.2, 0) is 15.8 Å². The molecule has 0 radical (unpaired) electrons. The maximum absolute atomic E-state index is 12.9. The zero-order valence-corrected chi connectivity index (χ0v) is 20.5. The average molecular weight is 484 g/mol. The van der Waals surface area contributed by atoms with Gasteiger partial charge in [-0.1, -0.05) is 43.9 Å². The number of hydroxylamine groups is 2. The lowest BCUT2D eigenvalue weighted by Gasteiger charge is -2.35. The van der Waals surface area contributed by atoms with Crippen molar-refractivity contribution in [1.29, 1.82) is 0 Å². The number of piperazine rings is 1. The minimum absolute atomic E-state index is 0.0987. The van der Waals surface area contributed by atoms with Crippen LogP contribution in [0.2, 0.25) is 0 Å². The molecule has 1 N–H and O–H groups in total. The summed E-state index contributed by atoms with van der Waals surface area (Å²) < 4.78 is 20.6. The van der Waals surface area contributed by atoms with Gasteiger partial charge in [0.25, 0.3) is 0 Å². The van der Waals surface area contributed by atoms with Crippen LogP contribution in [0.3, 0.4) is 0 Å². The van der Waals surface area contributed by atoms with Crippen molar-refractivity contribution in [2.75, 3.05) is 36.8 Å². The summed E-state index contributed by atoms with van der Waals surface area (Å²) in [5.41, 5.74) is 1.09. The van der Waals surface area contributed by atoms with Crippen molar-refractivity contribution < 1.29 is 18.9 Å². The molecule has 2 aromatic carbocycles. The lowest BCUT2D eigenvalue weighted by atomic mass is 10.2. The highest BCUT2D eigenvalue weighted by atomic mass is 32.2. The molecular weight excluding hydrogens is 450 g/mol. The van der Waals surface area contributed by atoms with Gasteiger partial charge < -0.3 is 9.64 Å². The highest BCUT2D eigenvalue weighted by Gasteiger charge is 2.25. The van der Waals surface area contributed by atoms with Gasteiger partial charge in [0.15, 0.2) is 0 Å². The van der Waals surface area contributed by atoms with Crippen molar-refractivity contribution in [3.63, 3.8) is 0 Å². The fourth-order valence-electron chi connectivity index (χ4n) is 3.65. The van der Waals surface area contributed by atoms with E-state index in [1.165, 1.54) is 0 Å². The summed E-state index contributed by atoms with van der Waals surface area (Å²) in [6.07, 6.45) is 4.21. The van der Waals surface area contributed by atoms with Gasteiger partial charge in [-0.15, -0.1) is 5.92 Å². The summed E-state index contributed by atoms with van der Waals surface area (Å²) in [6, 6.07) is 16.9. The van der Waals surface area contributed by atoms with Crippen LogP contribution in [0.1, 0.15) is 32.6 Å². The number of rotatable bonds is 11. The molecule has 1 saturated heterocycles. The van der Waals surface area contributed by atoms with Gasteiger partial charge in [-0.05, 0) is 42.8 Å². The van der Waals surface area contributed by atoms with Crippen LogP contribution in [0.15, 0.2) is 54.6 Å². The van der Waals surface area contributed by atoms with Crippen LogP contribution in [0.25, 0.3) is 0 Å². The minimum Gasteiger partial charge on any atom is -0.457 e. The van der Waals surface area contributed by atoms with Gasteiger partial charge >= 0.3 is 0 Å². The molecule has 2 unspecified atom stereocenters. The molecule has 1 heterocycles. The first-order valence-electron chi connectivity index (χ1n) is 11.7. The molecule has 1 fully saturated rings. The number of para-hydroxylation sites is 1. The number of ether oxygens (including phenoxy) is 1. The van der Waals surface area contributed by atoms with Gasteiger partial charge in [0.1, 0.15) is 17.5 Å². The van der Waals surface area contributed by atoms with Crippen LogP contribution >= 0.6 is 0 Å². The molecule has 0 aromatic heterocycles. The second-order valence-electron chi connectivity index (χ2n) is 8.09. The summed E-state index contributed by atoms with van der Waals surface area (Å²) in [6.45, 7) is 4.83. The molecule has 3 rings (SSSR count). The lowest BCUT2D eigenvalue weighted by molar-refractivity contribution is -0.153. The smallest absolute Gasteiger partial charge is 0.234 e. The molecule has 8 heteroatoms. The molecule has 7 nitrogen and oxygen atoms in total. The van der Waals surface area contributed by atoms with Gasteiger partial charge in [-0.25, -0.2) is 13.6 Å². The van der Waals surface area contributed by atoms with E-state index in [4.69, 9.17) is 4.74 Å². The van der Waals surface area contributed by atoms with E-state index in [1.54, 1.807) is 0 Å². The van der Waals surface area contributed by atoms with Crippen molar-refractivity contribution >= 4 is 23.1 Å². The number of hydrogen-bond donors (Lipinski definition) is 1. The van der Waals surface area contributed by atoms with Crippen molar-refractivity contribution in [3.8, 4) is 23.3 Å². The van der Waals surface area contributed by atoms with E-state index in [0.717, 1.165) is 49.5 Å². The van der Waals surface area contributed by atoms with Crippen molar-refractivity contribution in [2.24, 2.45) is 0 Å². The average Bonchev–Trinajstić information content (AvgIpc) is 2.88. The Balaban J connectivity index is 1.50. The molecule has 182 valence electrons. The quantitative estimate of drug-likeness (QED) is 0.172. The van der Waals surface area contributed by atoms with Crippen LogP contribution in [0, 0.1) is 11.8 Å². The zero-order valence-electron chi connectivity index (χ0n) is 19.6. The van der Waals surface area contributed by atoms with Crippen LogP contribution in [0.5, 0.6) is 11.5 Å². The standard InChI is InChI=1S/C26H33N3O4S/c1-2-3-4-5-7-10-24(29(31)22-30)21-34(32)28-19-17-27(18-20-28)23-13-15-26(16-14-23)33-25-11-8-6-9-12-25/h6,8-9,11-16,22,24,31H,2-5,17-21H2,1H3. The van der Waals surface area contributed by atoms with E-state index >= 15 is 0 Å². The largest absolute Gasteiger partial charge is 0.457 e. The lowest BCUT2D eigenvalue weighted by Crippen LogP contribution is -2.49. The highest BCUT2D eigenvalue weighted by Crippen LogP contribution is 2.25. The van der Waals surface area contributed by atoms with Crippen LogP contribution < -0.4 is 9.64 Å². The van der Waals surface area contributed by atoms with Gasteiger partial charge in [-0.3, -0.25) is 10.0 Å². The SMILES string of the molecule is CCCCCC#CC(CS(=O)N1CCN(c2ccc(Oc3ccccc3)cc2)CC1)N(O)C=O. The Hall–Kier alpha value is -2.86. The highest BCUT2D eigenvalue weighted by molar-refractivity contribution is 7.82. The van der Waals surface area contributed by atoms with Gasteiger partial charge in [0.2, 0.25) is 6.41 Å². The second-order valence-corrected chi connectivity index (χ2v) is 9.59. The predicted molar refractivity (Wildman–Crippen MR) is 135 cm³/mol. The van der Waals surface area contributed by atoms with Crippen molar-refractivity contribution in [3.05, 3.63) is 54.6 Å². The summed E-state index contributed by atoms with van der Waals surface area (Å²) in [5.74, 6) is 7.59. The Morgan fingerprint density at radius 1 is 1.06 bits per heavy atom. The monoisotopic (exact) mass is 483 g/mol. The zero-order chi connectivity index (χ0) is 24.2. The normalized spacial score (nSPS) is 15.6. The summed E-state index contributed by atoms with van der Waals surface area (Å²) in [7, 11) is -1.34. The molecule has 1 aliphatic rings. The van der Waals surface area contributed by atoms with E-state index in [-0.39, 0.29) is 5.75 Å². The number of carbonyl (C=O) groups excluding carboxylic acids is 1. The molecule has 0 bridgehead atoms. The number of unbranched alkanes of at least 4 members (excludes halogenated alkanes) is 3. The molecule has 0 aliphatic carbocycles. The second kappa shape index (κ2) is 13.8. The molecule has 1 amide bonds. The van der Waals surface area contributed by atoms with Crippen LogP contribution in [0.4, 0.5) is 5.69 Å². The van der Waals surface area contributed by atoms with Crippen LogP contribution in [-0.4, -0.2) is 63.2 Å². The third-order valence-corrected chi connectivity index (χ3v) is 7.15. The first kappa shape index (κ1) is 25.8. The summed E-state index contributed by atoms with van der Waals surface area (Å²) in [5, 5.41) is 10.4. The van der Waals surface area contributed by atoms with E-state index in [2.05, 4.69) is 23.7 Å². The van der Waals surface area contributed by atoms with Gasteiger partial charge in [0, 0.05) is 38.3 Å². The molecule has 0 saturated carbocycles. The maximum atomic E-state index is 12.9. The number of benzene rings is 2. The Labute approximate surface area is 204 Å². The number of amides is 1. The Morgan fingerprint density at radius 3 is 2.38 bits per heavy atom. The molecule has 34 heavy (non-hydrogen) atoms. The fourth-order valence-corrected chi connectivity index (χ4v) is 4.94. The molecular formula is C26H33N3O4S. The number of hydrogen-bond acceptors (Lipinski definition) is 5. The summed E-state index contributed by atoms with van der Waals surface area (Å²) in [4.78, 5) is 13.3. The van der Waals surface area contributed by atoms with E-state index < -0.39 is 17.0 Å². The molecule has 2 aromatic rings. The molecule has 1 aliphatic heterocycles. The summed E-state index contributed by atoms with van der Waals surface area (Å²) >= 11 is 0. The molecule has 2 atom stereocenters. The van der Waals surface area contributed by atoms with Crippen molar-refractivity contribution in [2.45, 2.75) is 38.6 Å². The van der Waals surface area contributed by atoms with Crippen molar-refractivity contribution in [1.82, 2.24) is 9.37 Å². The number of anilines is 1. The van der Waals surface area contributed by atoms with E-state index in [1.807, 2.05) is 58.9 Å². The first-order valence-corrected chi connectivity index (χ1v) is 13.0.